The molecule has 3 nitrogen and oxygen atoms in total. The highest BCUT2D eigenvalue weighted by Crippen LogP contribution is 2.32. The third kappa shape index (κ3) is 4.00. The van der Waals surface area contributed by atoms with Gasteiger partial charge in [-0.3, -0.25) is 4.79 Å². The maximum Gasteiger partial charge on any atom is 0.224 e. The highest BCUT2D eigenvalue weighted by molar-refractivity contribution is 6.31. The van der Waals surface area contributed by atoms with Crippen LogP contribution in [0, 0.1) is 0 Å². The second-order valence-electron chi connectivity index (χ2n) is 4.35. The van der Waals surface area contributed by atoms with Crippen molar-refractivity contribution in [1.29, 1.82) is 0 Å². The SMILES string of the molecule is CCCC(=O)Nc1cc(Cl)ccc1Oc1ccccc1. The summed E-state index contributed by atoms with van der Waals surface area (Å²) in [6.07, 6.45) is 1.26. The summed E-state index contributed by atoms with van der Waals surface area (Å²) >= 11 is 5.97. The van der Waals surface area contributed by atoms with Gasteiger partial charge in [0.2, 0.25) is 5.91 Å². The van der Waals surface area contributed by atoms with Gasteiger partial charge < -0.3 is 10.1 Å². The molecule has 2 aromatic rings. The zero-order valence-electron chi connectivity index (χ0n) is 11.2. The Morgan fingerprint density at radius 1 is 1.20 bits per heavy atom. The number of carbonyl (C=O) groups excluding carboxylic acids is 1. The van der Waals surface area contributed by atoms with Gasteiger partial charge in [-0.2, -0.15) is 0 Å². The monoisotopic (exact) mass is 289 g/mol. The smallest absolute Gasteiger partial charge is 0.224 e. The van der Waals surface area contributed by atoms with E-state index in [9.17, 15) is 4.79 Å². The van der Waals surface area contributed by atoms with Crippen molar-refractivity contribution >= 4 is 23.2 Å². The molecule has 20 heavy (non-hydrogen) atoms. The maximum absolute atomic E-state index is 11.7. The van der Waals surface area contributed by atoms with Crippen LogP contribution in [0.25, 0.3) is 0 Å². The second kappa shape index (κ2) is 6.96. The van der Waals surface area contributed by atoms with Gasteiger partial charge in [-0.15, -0.1) is 0 Å². The van der Waals surface area contributed by atoms with Crippen molar-refractivity contribution in [2.75, 3.05) is 5.32 Å². The molecule has 0 aromatic heterocycles. The van der Waals surface area contributed by atoms with Crippen molar-refractivity contribution in [2.45, 2.75) is 19.8 Å². The number of para-hydroxylation sites is 1. The molecule has 1 amide bonds. The standard InChI is InChI=1S/C16H16ClNO2/c1-2-6-16(19)18-14-11-12(17)9-10-15(14)20-13-7-4-3-5-8-13/h3-5,7-11H,2,6H2,1H3,(H,18,19). The van der Waals surface area contributed by atoms with Crippen molar-refractivity contribution in [3.63, 3.8) is 0 Å². The minimum absolute atomic E-state index is 0.0484. The van der Waals surface area contributed by atoms with E-state index < -0.39 is 0 Å². The van der Waals surface area contributed by atoms with E-state index in [0.29, 0.717) is 28.6 Å². The first kappa shape index (κ1) is 14.4. The highest BCUT2D eigenvalue weighted by Gasteiger charge is 2.09. The summed E-state index contributed by atoms with van der Waals surface area (Å²) in [6, 6.07) is 14.6. The van der Waals surface area contributed by atoms with Gasteiger partial charge in [0, 0.05) is 11.4 Å². The minimum Gasteiger partial charge on any atom is -0.455 e. The number of rotatable bonds is 5. The maximum atomic E-state index is 11.7. The summed E-state index contributed by atoms with van der Waals surface area (Å²) in [4.78, 5) is 11.7. The molecule has 0 atom stereocenters. The van der Waals surface area contributed by atoms with Gasteiger partial charge >= 0.3 is 0 Å². The molecule has 2 aromatic carbocycles. The van der Waals surface area contributed by atoms with Crippen molar-refractivity contribution in [1.82, 2.24) is 0 Å². The van der Waals surface area contributed by atoms with Crippen molar-refractivity contribution < 1.29 is 9.53 Å². The Kier molecular flexibility index (Phi) is 5.02. The number of carbonyl (C=O) groups is 1. The van der Waals surface area contributed by atoms with Gasteiger partial charge in [-0.25, -0.2) is 0 Å². The lowest BCUT2D eigenvalue weighted by Crippen LogP contribution is -2.11. The Bertz CT molecular complexity index is 584. The first-order chi connectivity index (χ1) is 9.69. The molecule has 0 bridgehead atoms. The molecule has 0 aliphatic heterocycles. The molecule has 1 N–H and O–H groups in total. The largest absolute Gasteiger partial charge is 0.455 e. The zero-order chi connectivity index (χ0) is 14.4. The fraction of sp³-hybridized carbons (Fsp3) is 0.188. The highest BCUT2D eigenvalue weighted by atomic mass is 35.5. The Hall–Kier alpha value is -2.00. The number of benzene rings is 2. The number of amides is 1. The lowest BCUT2D eigenvalue weighted by molar-refractivity contribution is -0.116. The Labute approximate surface area is 123 Å². The van der Waals surface area contributed by atoms with Crippen LogP contribution in [0.2, 0.25) is 5.02 Å². The molecule has 0 radical (unpaired) electrons. The topological polar surface area (TPSA) is 38.3 Å². The minimum atomic E-state index is -0.0484. The number of hydrogen-bond donors (Lipinski definition) is 1. The molecule has 0 aliphatic rings. The van der Waals surface area contributed by atoms with Crippen LogP contribution in [0.15, 0.2) is 48.5 Å². The summed E-state index contributed by atoms with van der Waals surface area (Å²) in [6.45, 7) is 1.96. The third-order valence-electron chi connectivity index (χ3n) is 2.66. The Morgan fingerprint density at radius 2 is 1.95 bits per heavy atom. The van der Waals surface area contributed by atoms with Gasteiger partial charge in [0.05, 0.1) is 5.69 Å². The number of ether oxygens (including phenoxy) is 1. The van der Waals surface area contributed by atoms with E-state index in [0.717, 1.165) is 6.42 Å². The molecule has 4 heteroatoms. The molecule has 0 unspecified atom stereocenters. The molecule has 0 aliphatic carbocycles. The first-order valence-corrected chi connectivity index (χ1v) is 6.89. The molecule has 0 spiro atoms. The lowest BCUT2D eigenvalue weighted by Gasteiger charge is -2.12. The van der Waals surface area contributed by atoms with Crippen LogP contribution in [0.3, 0.4) is 0 Å². The number of hydrogen-bond acceptors (Lipinski definition) is 2. The van der Waals surface area contributed by atoms with Gasteiger partial charge in [-0.05, 0) is 36.8 Å². The summed E-state index contributed by atoms with van der Waals surface area (Å²) in [5.41, 5.74) is 0.583. The van der Waals surface area contributed by atoms with Gasteiger partial charge in [0.25, 0.3) is 0 Å². The zero-order valence-corrected chi connectivity index (χ0v) is 12.0. The number of anilines is 1. The molecular weight excluding hydrogens is 274 g/mol. The van der Waals surface area contributed by atoms with Crippen LogP contribution in [0.1, 0.15) is 19.8 Å². The van der Waals surface area contributed by atoms with E-state index in [4.69, 9.17) is 16.3 Å². The number of halogens is 1. The second-order valence-corrected chi connectivity index (χ2v) is 4.79. The van der Waals surface area contributed by atoms with E-state index in [2.05, 4.69) is 5.32 Å². The van der Waals surface area contributed by atoms with E-state index >= 15 is 0 Å². The predicted octanol–water partition coefficient (Wildman–Crippen LogP) is 4.87. The van der Waals surface area contributed by atoms with Gasteiger partial charge in [0.15, 0.2) is 5.75 Å². The Morgan fingerprint density at radius 3 is 2.65 bits per heavy atom. The van der Waals surface area contributed by atoms with E-state index in [-0.39, 0.29) is 5.91 Å². The van der Waals surface area contributed by atoms with Crippen molar-refractivity contribution in [3.8, 4) is 11.5 Å². The van der Waals surface area contributed by atoms with Crippen LogP contribution >= 0.6 is 11.6 Å². The summed E-state index contributed by atoms with van der Waals surface area (Å²) in [5.74, 6) is 1.23. The van der Waals surface area contributed by atoms with E-state index in [1.54, 1.807) is 18.2 Å². The van der Waals surface area contributed by atoms with Crippen molar-refractivity contribution in [3.05, 3.63) is 53.6 Å². The molecule has 104 valence electrons. The van der Waals surface area contributed by atoms with Crippen LogP contribution < -0.4 is 10.1 Å². The first-order valence-electron chi connectivity index (χ1n) is 6.51. The lowest BCUT2D eigenvalue weighted by atomic mass is 10.2. The average Bonchev–Trinajstić information content (AvgIpc) is 2.43. The average molecular weight is 290 g/mol. The normalized spacial score (nSPS) is 10.1. The van der Waals surface area contributed by atoms with Crippen molar-refractivity contribution in [2.24, 2.45) is 0 Å². The van der Waals surface area contributed by atoms with E-state index in [1.807, 2.05) is 37.3 Å². The van der Waals surface area contributed by atoms with Gasteiger partial charge in [0.1, 0.15) is 5.75 Å². The molecule has 0 fully saturated rings. The molecular formula is C16H16ClNO2. The summed E-state index contributed by atoms with van der Waals surface area (Å²) < 4.78 is 5.77. The summed E-state index contributed by atoms with van der Waals surface area (Å²) in [5, 5.41) is 3.38. The van der Waals surface area contributed by atoms with Crippen LogP contribution in [0.4, 0.5) is 5.69 Å². The molecule has 0 saturated heterocycles. The van der Waals surface area contributed by atoms with Crippen LogP contribution in [0.5, 0.6) is 11.5 Å². The van der Waals surface area contributed by atoms with Crippen LogP contribution in [-0.2, 0) is 4.79 Å². The molecule has 0 heterocycles. The Balaban J connectivity index is 2.21. The molecule has 2 rings (SSSR count). The van der Waals surface area contributed by atoms with E-state index in [1.165, 1.54) is 0 Å². The van der Waals surface area contributed by atoms with Crippen LogP contribution in [-0.4, -0.2) is 5.91 Å². The fourth-order valence-corrected chi connectivity index (χ4v) is 1.92. The summed E-state index contributed by atoms with van der Waals surface area (Å²) in [7, 11) is 0. The quantitative estimate of drug-likeness (QED) is 0.852. The number of nitrogens with one attached hydrogen (secondary N) is 1. The third-order valence-corrected chi connectivity index (χ3v) is 2.90. The molecule has 0 saturated carbocycles. The van der Waals surface area contributed by atoms with Gasteiger partial charge in [-0.1, -0.05) is 36.7 Å². The fourth-order valence-electron chi connectivity index (χ4n) is 1.74. The predicted molar refractivity (Wildman–Crippen MR) is 81.5 cm³/mol.